The summed E-state index contributed by atoms with van der Waals surface area (Å²) in [6.45, 7) is 7.73. The minimum Gasteiger partial charge on any atom is -0.383 e. The van der Waals surface area contributed by atoms with Crippen LogP contribution in [0, 0.1) is 6.92 Å². The highest BCUT2D eigenvalue weighted by Gasteiger charge is 2.18. The van der Waals surface area contributed by atoms with E-state index in [4.69, 9.17) is 4.74 Å². The molecule has 2 rings (SSSR count). The van der Waals surface area contributed by atoms with Crippen LogP contribution in [0.5, 0.6) is 0 Å². The van der Waals surface area contributed by atoms with Crippen molar-refractivity contribution in [3.8, 4) is 0 Å². The number of thiol groups is 1. The summed E-state index contributed by atoms with van der Waals surface area (Å²) in [7, 11) is -0.649. The van der Waals surface area contributed by atoms with Crippen LogP contribution in [-0.4, -0.2) is 59.8 Å². The largest absolute Gasteiger partial charge is 0.383 e. The fourth-order valence-corrected chi connectivity index (χ4v) is 3.38. The van der Waals surface area contributed by atoms with Gasteiger partial charge in [-0.15, -0.1) is 0 Å². The Labute approximate surface area is 128 Å². The van der Waals surface area contributed by atoms with Crippen LogP contribution in [0.4, 0.5) is 5.69 Å². The first-order valence-electron chi connectivity index (χ1n) is 7.28. The zero-order valence-corrected chi connectivity index (χ0v) is 13.6. The molecule has 0 aromatic heterocycles. The normalized spacial score (nSPS) is 16.6. The second-order valence-electron chi connectivity index (χ2n) is 5.37. The van der Waals surface area contributed by atoms with Crippen LogP contribution in [0.25, 0.3) is 0 Å². The van der Waals surface area contributed by atoms with E-state index in [1.807, 2.05) is 19.1 Å². The molecular formula is C15H24N2O3S. The van der Waals surface area contributed by atoms with Crippen LogP contribution in [0.2, 0.25) is 0 Å². The van der Waals surface area contributed by atoms with Crippen molar-refractivity contribution < 1.29 is 13.2 Å². The molecule has 118 valence electrons. The highest BCUT2D eigenvalue weighted by Crippen LogP contribution is 2.24. The first-order valence-corrected chi connectivity index (χ1v) is 8.64. The number of methoxy groups -OCH3 is 1. The molecule has 0 bridgehead atoms. The third kappa shape index (κ3) is 4.43. The Bertz CT molecular complexity index is 530. The predicted molar refractivity (Wildman–Crippen MR) is 85.7 cm³/mol. The highest BCUT2D eigenvalue weighted by atomic mass is 32.2. The Hall–Kier alpha value is -1.11. The Morgan fingerprint density at radius 1 is 1.19 bits per heavy atom. The SMILES string of the molecule is COCCN1CCN(c2cccc(C[SH](=O)=O)c2C)CC1. The minimum absolute atomic E-state index is 0.128. The van der Waals surface area contributed by atoms with Crippen molar-refractivity contribution in [2.75, 3.05) is 51.3 Å². The summed E-state index contributed by atoms with van der Waals surface area (Å²) in [6, 6.07) is 5.94. The lowest BCUT2D eigenvalue weighted by molar-refractivity contribution is 0.144. The van der Waals surface area contributed by atoms with Crippen molar-refractivity contribution in [2.24, 2.45) is 0 Å². The molecule has 0 saturated carbocycles. The summed E-state index contributed by atoms with van der Waals surface area (Å²) in [5.41, 5.74) is 3.16. The molecule has 0 aliphatic carbocycles. The van der Waals surface area contributed by atoms with Gasteiger partial charge in [0.25, 0.3) is 0 Å². The van der Waals surface area contributed by atoms with Gasteiger partial charge in [-0.3, -0.25) is 4.90 Å². The zero-order chi connectivity index (χ0) is 15.2. The van der Waals surface area contributed by atoms with Gasteiger partial charge in [-0.25, -0.2) is 8.42 Å². The highest BCUT2D eigenvalue weighted by molar-refractivity contribution is 7.71. The number of piperazine rings is 1. The van der Waals surface area contributed by atoms with Gasteiger partial charge in [0.2, 0.25) is 0 Å². The molecular weight excluding hydrogens is 288 g/mol. The van der Waals surface area contributed by atoms with E-state index in [-0.39, 0.29) is 5.75 Å². The zero-order valence-electron chi connectivity index (χ0n) is 12.7. The van der Waals surface area contributed by atoms with E-state index >= 15 is 0 Å². The second kappa shape index (κ2) is 7.77. The third-order valence-corrected chi connectivity index (χ3v) is 4.64. The van der Waals surface area contributed by atoms with Gasteiger partial charge in [-0.05, 0) is 24.1 Å². The van der Waals surface area contributed by atoms with Gasteiger partial charge >= 0.3 is 0 Å². The molecule has 1 aromatic carbocycles. The molecule has 0 amide bonds. The number of ether oxygens (including phenoxy) is 1. The molecule has 0 N–H and O–H groups in total. The van der Waals surface area contributed by atoms with Gasteiger partial charge < -0.3 is 9.64 Å². The van der Waals surface area contributed by atoms with Crippen molar-refractivity contribution >= 4 is 16.4 Å². The first kappa shape index (κ1) is 16.3. The number of hydrogen-bond acceptors (Lipinski definition) is 5. The van der Waals surface area contributed by atoms with E-state index in [1.54, 1.807) is 7.11 Å². The molecule has 0 spiro atoms. The molecule has 1 aliphatic heterocycles. The molecule has 0 radical (unpaired) electrons. The Kier molecular flexibility index (Phi) is 6.02. The second-order valence-corrected chi connectivity index (χ2v) is 6.36. The summed E-state index contributed by atoms with van der Waals surface area (Å²) in [6.07, 6.45) is 0. The van der Waals surface area contributed by atoms with Crippen LogP contribution in [-0.2, 0) is 21.2 Å². The molecule has 1 heterocycles. The van der Waals surface area contributed by atoms with Gasteiger partial charge in [-0.2, -0.15) is 0 Å². The van der Waals surface area contributed by atoms with E-state index in [0.29, 0.717) is 0 Å². The van der Waals surface area contributed by atoms with Crippen LogP contribution in [0.15, 0.2) is 18.2 Å². The lowest BCUT2D eigenvalue weighted by atomic mass is 10.1. The smallest absolute Gasteiger partial charge is 0.144 e. The lowest BCUT2D eigenvalue weighted by Crippen LogP contribution is -2.47. The molecule has 1 aromatic rings. The van der Waals surface area contributed by atoms with E-state index < -0.39 is 10.7 Å². The Morgan fingerprint density at radius 3 is 2.52 bits per heavy atom. The van der Waals surface area contributed by atoms with E-state index in [2.05, 4.69) is 15.9 Å². The standard InChI is InChI=1S/C15H24N2O3S/c1-13-14(12-21(18)19)4-3-5-15(13)17-8-6-16(7-9-17)10-11-20-2/h3-5,21H,6-12H2,1-2H3. The van der Waals surface area contributed by atoms with Crippen LogP contribution < -0.4 is 4.90 Å². The van der Waals surface area contributed by atoms with Crippen molar-refractivity contribution in [3.63, 3.8) is 0 Å². The molecule has 0 atom stereocenters. The molecule has 6 heteroatoms. The summed E-state index contributed by atoms with van der Waals surface area (Å²) in [5, 5.41) is 0. The fourth-order valence-electron chi connectivity index (χ4n) is 2.76. The topological polar surface area (TPSA) is 49.9 Å². The van der Waals surface area contributed by atoms with Gasteiger partial charge in [-0.1, -0.05) is 12.1 Å². The maximum Gasteiger partial charge on any atom is 0.144 e. The van der Waals surface area contributed by atoms with Crippen molar-refractivity contribution in [1.29, 1.82) is 0 Å². The summed E-state index contributed by atoms with van der Waals surface area (Å²) >= 11 is 0. The molecule has 21 heavy (non-hydrogen) atoms. The monoisotopic (exact) mass is 312 g/mol. The Balaban J connectivity index is 2.03. The average Bonchev–Trinajstić information content (AvgIpc) is 2.47. The van der Waals surface area contributed by atoms with Gasteiger partial charge in [0, 0.05) is 45.5 Å². The van der Waals surface area contributed by atoms with Gasteiger partial charge in [0.05, 0.1) is 12.4 Å². The summed E-state index contributed by atoms with van der Waals surface area (Å²) in [5.74, 6) is 0.128. The lowest BCUT2D eigenvalue weighted by Gasteiger charge is -2.37. The maximum absolute atomic E-state index is 11.0. The van der Waals surface area contributed by atoms with Gasteiger partial charge in [0.1, 0.15) is 10.7 Å². The first-order chi connectivity index (χ1) is 10.1. The number of rotatable bonds is 6. The van der Waals surface area contributed by atoms with E-state index in [1.165, 1.54) is 0 Å². The number of anilines is 1. The molecule has 1 fully saturated rings. The molecule has 5 nitrogen and oxygen atoms in total. The minimum atomic E-state index is -2.38. The van der Waals surface area contributed by atoms with Crippen LogP contribution in [0.3, 0.4) is 0 Å². The van der Waals surface area contributed by atoms with Gasteiger partial charge in [0.15, 0.2) is 0 Å². The quantitative estimate of drug-likeness (QED) is 0.790. The number of benzene rings is 1. The van der Waals surface area contributed by atoms with Crippen LogP contribution in [0.1, 0.15) is 11.1 Å². The number of hydrogen-bond donors (Lipinski definition) is 1. The maximum atomic E-state index is 11.0. The summed E-state index contributed by atoms with van der Waals surface area (Å²) < 4.78 is 27.0. The summed E-state index contributed by atoms with van der Waals surface area (Å²) in [4.78, 5) is 4.74. The van der Waals surface area contributed by atoms with Crippen LogP contribution >= 0.6 is 0 Å². The average molecular weight is 312 g/mol. The Morgan fingerprint density at radius 2 is 1.90 bits per heavy atom. The predicted octanol–water partition coefficient (Wildman–Crippen LogP) is 0.875. The van der Waals surface area contributed by atoms with E-state index in [9.17, 15) is 8.42 Å². The number of nitrogens with zero attached hydrogens (tertiary/aromatic N) is 2. The van der Waals surface area contributed by atoms with E-state index in [0.717, 1.165) is 56.1 Å². The molecule has 0 unspecified atom stereocenters. The molecule has 1 saturated heterocycles. The molecule has 1 aliphatic rings. The fraction of sp³-hybridized carbons (Fsp3) is 0.600. The van der Waals surface area contributed by atoms with Crippen molar-refractivity contribution in [1.82, 2.24) is 4.90 Å². The van der Waals surface area contributed by atoms with Crippen molar-refractivity contribution in [2.45, 2.75) is 12.7 Å². The van der Waals surface area contributed by atoms with Crippen molar-refractivity contribution in [3.05, 3.63) is 29.3 Å². The third-order valence-electron chi connectivity index (χ3n) is 4.04.